The first-order valence-corrected chi connectivity index (χ1v) is 10.9. The first-order chi connectivity index (χ1) is 16.2. The molecule has 2 aromatic carbocycles. The highest BCUT2D eigenvalue weighted by Gasteiger charge is 2.36. The highest BCUT2D eigenvalue weighted by atomic mass is 35.5. The average Bonchev–Trinajstić information content (AvgIpc) is 3.20. The van der Waals surface area contributed by atoms with Crippen molar-refractivity contribution in [2.24, 2.45) is 0 Å². The summed E-state index contributed by atoms with van der Waals surface area (Å²) in [7, 11) is 0. The van der Waals surface area contributed by atoms with Crippen LogP contribution in [0.1, 0.15) is 16.7 Å². The van der Waals surface area contributed by atoms with Crippen LogP contribution in [0.2, 0.25) is 5.02 Å². The predicted molar refractivity (Wildman–Crippen MR) is 127 cm³/mol. The Bertz CT molecular complexity index is 1510. The van der Waals surface area contributed by atoms with Crippen LogP contribution in [0.4, 0.5) is 13.2 Å². The molecule has 0 amide bonds. The molecule has 0 bridgehead atoms. The van der Waals surface area contributed by atoms with E-state index in [0.717, 1.165) is 17.2 Å². The number of fused-ring (bicyclic) bond motifs is 1. The third kappa shape index (κ3) is 3.92. The third-order valence-corrected chi connectivity index (χ3v) is 6.00. The Morgan fingerprint density at radius 2 is 1.65 bits per heavy atom. The second kappa shape index (κ2) is 8.25. The van der Waals surface area contributed by atoms with Crippen molar-refractivity contribution in [1.29, 1.82) is 0 Å². The number of hydrogen-bond acceptors (Lipinski definition) is 3. The number of hydrogen-bond donors (Lipinski definition) is 0. The summed E-state index contributed by atoms with van der Waals surface area (Å²) in [6.45, 7) is 3.76. The van der Waals surface area contributed by atoms with Crippen molar-refractivity contribution < 1.29 is 13.2 Å². The fourth-order valence-corrected chi connectivity index (χ4v) is 3.97. The van der Waals surface area contributed by atoms with Gasteiger partial charge in [0.25, 0.3) is 0 Å². The van der Waals surface area contributed by atoms with E-state index < -0.39 is 11.7 Å². The molecule has 5 aromatic rings. The van der Waals surface area contributed by atoms with Gasteiger partial charge in [0.1, 0.15) is 5.69 Å². The smallest absolute Gasteiger partial charge is 0.255 e. The zero-order chi connectivity index (χ0) is 24.0. The second-order valence-electron chi connectivity index (χ2n) is 8.03. The van der Waals surface area contributed by atoms with Crippen molar-refractivity contribution in [2.45, 2.75) is 20.0 Å². The van der Waals surface area contributed by atoms with Crippen LogP contribution in [-0.2, 0) is 6.18 Å². The lowest BCUT2D eigenvalue weighted by Crippen LogP contribution is -2.08. The van der Waals surface area contributed by atoms with Crippen molar-refractivity contribution in [3.8, 4) is 28.3 Å². The van der Waals surface area contributed by atoms with E-state index in [2.05, 4.69) is 15.1 Å². The van der Waals surface area contributed by atoms with E-state index in [1.165, 1.54) is 10.9 Å². The van der Waals surface area contributed by atoms with Gasteiger partial charge in [0, 0.05) is 16.8 Å². The molecule has 0 fully saturated rings. The fourth-order valence-electron chi connectivity index (χ4n) is 3.79. The molecule has 170 valence electrons. The molecule has 0 saturated heterocycles. The summed E-state index contributed by atoms with van der Waals surface area (Å²) in [4.78, 5) is 8.81. The van der Waals surface area contributed by atoms with Gasteiger partial charge in [-0.3, -0.25) is 4.98 Å². The standard InChI is InChI=1S/C26H18ClF3N4/c1-15-6-9-17(10-7-15)24-23-19(26(28,29)30)14-22(21-5-3-4-12-31-21)32-25(23)34(33-24)18-11-8-16(2)20(27)13-18/h3-14H,1-2H3. The predicted octanol–water partition coefficient (Wildman–Crippen LogP) is 7.44. The SMILES string of the molecule is Cc1ccc(-c2nn(-c3ccc(C)c(Cl)c3)c3nc(-c4ccccn4)cc(C(F)(F)F)c23)cc1. The molecular weight excluding hydrogens is 461 g/mol. The summed E-state index contributed by atoms with van der Waals surface area (Å²) in [5.74, 6) is 0. The molecule has 0 radical (unpaired) electrons. The zero-order valence-corrected chi connectivity index (χ0v) is 19.0. The van der Waals surface area contributed by atoms with Gasteiger partial charge in [-0.2, -0.15) is 18.3 Å². The van der Waals surface area contributed by atoms with Crippen LogP contribution in [0.5, 0.6) is 0 Å². The van der Waals surface area contributed by atoms with Gasteiger partial charge < -0.3 is 0 Å². The monoisotopic (exact) mass is 478 g/mol. The molecule has 3 aromatic heterocycles. The Hall–Kier alpha value is -3.71. The van der Waals surface area contributed by atoms with E-state index in [-0.39, 0.29) is 22.4 Å². The van der Waals surface area contributed by atoms with Crippen LogP contribution in [0.25, 0.3) is 39.4 Å². The van der Waals surface area contributed by atoms with E-state index in [0.29, 0.717) is 22.0 Å². The molecule has 0 aliphatic heterocycles. The van der Waals surface area contributed by atoms with Crippen LogP contribution in [0, 0.1) is 13.8 Å². The summed E-state index contributed by atoms with van der Waals surface area (Å²) in [6, 6.07) is 18.5. The Morgan fingerprint density at radius 3 is 2.29 bits per heavy atom. The summed E-state index contributed by atoms with van der Waals surface area (Å²) < 4.78 is 44.6. The molecule has 0 atom stereocenters. The van der Waals surface area contributed by atoms with Gasteiger partial charge in [0.05, 0.1) is 28.0 Å². The van der Waals surface area contributed by atoms with E-state index in [9.17, 15) is 13.2 Å². The number of pyridine rings is 2. The minimum Gasteiger partial charge on any atom is -0.255 e. The van der Waals surface area contributed by atoms with E-state index in [1.807, 2.05) is 26.0 Å². The van der Waals surface area contributed by atoms with Crippen LogP contribution < -0.4 is 0 Å². The van der Waals surface area contributed by atoms with Crippen molar-refractivity contribution in [2.75, 3.05) is 0 Å². The largest absolute Gasteiger partial charge is 0.417 e. The van der Waals surface area contributed by atoms with Gasteiger partial charge in [0.15, 0.2) is 5.65 Å². The number of halogens is 4. The number of aryl methyl sites for hydroxylation is 2. The molecule has 34 heavy (non-hydrogen) atoms. The Morgan fingerprint density at radius 1 is 0.882 bits per heavy atom. The molecule has 0 N–H and O–H groups in total. The molecule has 4 nitrogen and oxygen atoms in total. The average molecular weight is 479 g/mol. The first kappa shape index (κ1) is 22.1. The number of aromatic nitrogens is 4. The van der Waals surface area contributed by atoms with Gasteiger partial charge in [-0.05, 0) is 49.7 Å². The topological polar surface area (TPSA) is 43.6 Å². The van der Waals surface area contributed by atoms with Crippen LogP contribution in [0.15, 0.2) is 72.9 Å². The number of rotatable bonds is 3. The summed E-state index contributed by atoms with van der Waals surface area (Å²) in [6.07, 6.45) is -3.12. The van der Waals surface area contributed by atoms with E-state index in [1.54, 1.807) is 48.5 Å². The third-order valence-electron chi connectivity index (χ3n) is 5.60. The molecule has 8 heteroatoms. The molecule has 3 heterocycles. The number of alkyl halides is 3. The molecule has 0 aliphatic rings. The van der Waals surface area contributed by atoms with Crippen LogP contribution in [0.3, 0.4) is 0 Å². The number of benzene rings is 2. The van der Waals surface area contributed by atoms with Gasteiger partial charge in [-0.15, -0.1) is 0 Å². The second-order valence-corrected chi connectivity index (χ2v) is 8.43. The Kier molecular flexibility index (Phi) is 5.37. The first-order valence-electron chi connectivity index (χ1n) is 10.5. The Labute approximate surface area is 198 Å². The van der Waals surface area contributed by atoms with Gasteiger partial charge >= 0.3 is 6.18 Å². The van der Waals surface area contributed by atoms with E-state index in [4.69, 9.17) is 11.6 Å². The van der Waals surface area contributed by atoms with Crippen molar-refractivity contribution in [1.82, 2.24) is 19.7 Å². The lowest BCUT2D eigenvalue weighted by atomic mass is 10.0. The quantitative estimate of drug-likeness (QED) is 0.270. The van der Waals surface area contributed by atoms with Gasteiger partial charge in [-0.25, -0.2) is 9.67 Å². The molecule has 0 unspecified atom stereocenters. The Balaban J connectivity index is 1.90. The minimum atomic E-state index is -4.64. The maximum absolute atomic E-state index is 14.4. The lowest BCUT2D eigenvalue weighted by molar-refractivity contribution is -0.136. The molecule has 0 saturated carbocycles. The van der Waals surface area contributed by atoms with Crippen molar-refractivity contribution in [3.05, 3.63) is 94.6 Å². The summed E-state index contributed by atoms with van der Waals surface area (Å²) in [5, 5.41) is 5.02. The molecule has 5 rings (SSSR count). The normalized spacial score (nSPS) is 11.8. The highest BCUT2D eigenvalue weighted by molar-refractivity contribution is 6.31. The van der Waals surface area contributed by atoms with Gasteiger partial charge in [-0.1, -0.05) is 53.6 Å². The minimum absolute atomic E-state index is 0.0750. The zero-order valence-electron chi connectivity index (χ0n) is 18.2. The number of nitrogens with zero attached hydrogens (tertiary/aromatic N) is 4. The van der Waals surface area contributed by atoms with Crippen molar-refractivity contribution >= 4 is 22.6 Å². The summed E-state index contributed by atoms with van der Waals surface area (Å²) in [5.41, 5.74) is 2.80. The van der Waals surface area contributed by atoms with Crippen LogP contribution in [-0.4, -0.2) is 19.7 Å². The lowest BCUT2D eigenvalue weighted by Gasteiger charge is -2.12. The molecule has 0 aliphatic carbocycles. The maximum Gasteiger partial charge on any atom is 0.417 e. The van der Waals surface area contributed by atoms with Crippen LogP contribution >= 0.6 is 11.6 Å². The fraction of sp³-hybridized carbons (Fsp3) is 0.115. The summed E-state index contributed by atoms with van der Waals surface area (Å²) >= 11 is 6.34. The maximum atomic E-state index is 14.4. The molecule has 0 spiro atoms. The molecular formula is C26H18ClF3N4. The van der Waals surface area contributed by atoms with Crippen molar-refractivity contribution in [3.63, 3.8) is 0 Å². The van der Waals surface area contributed by atoms with Gasteiger partial charge in [0.2, 0.25) is 0 Å². The highest BCUT2D eigenvalue weighted by Crippen LogP contribution is 2.41. The van der Waals surface area contributed by atoms with E-state index >= 15 is 0 Å².